The predicted molar refractivity (Wildman–Crippen MR) is 72.0 cm³/mol. The molecule has 0 unspecified atom stereocenters. The lowest BCUT2D eigenvalue weighted by Gasteiger charge is -2.30. The molecule has 0 heterocycles. The zero-order chi connectivity index (χ0) is 13.9. The smallest absolute Gasteiger partial charge is 0.292 e. The van der Waals surface area contributed by atoms with Crippen molar-refractivity contribution in [2.24, 2.45) is 0 Å². The third kappa shape index (κ3) is 3.43. The fourth-order valence-corrected chi connectivity index (χ4v) is 2.02. The monoisotopic (exact) mass is 252 g/mol. The number of hydrogen-bond donors (Lipinski definition) is 1. The molecular weight excluding hydrogens is 232 g/mol. The average Bonchev–Trinajstić information content (AvgIpc) is 2.24. The zero-order valence-electron chi connectivity index (χ0n) is 11.3. The van der Waals surface area contributed by atoms with Crippen molar-refractivity contribution in [2.75, 3.05) is 18.0 Å². The first-order valence-corrected chi connectivity index (χ1v) is 5.97. The Morgan fingerprint density at radius 2 is 2.06 bits per heavy atom. The van der Waals surface area contributed by atoms with Crippen LogP contribution in [0.4, 0.5) is 11.4 Å². The van der Waals surface area contributed by atoms with Gasteiger partial charge in [-0.25, -0.2) is 0 Å². The van der Waals surface area contributed by atoms with Gasteiger partial charge in [-0.2, -0.15) is 0 Å². The molecular formula is C13H20N2O3. The molecule has 1 aromatic carbocycles. The Kier molecular flexibility index (Phi) is 4.29. The van der Waals surface area contributed by atoms with Crippen LogP contribution in [0.15, 0.2) is 18.2 Å². The molecule has 100 valence electrons. The van der Waals surface area contributed by atoms with Gasteiger partial charge in [0.15, 0.2) is 0 Å². The SMILES string of the molecule is CCN(CC(C)(C)O)c1c(C)cccc1[N+](=O)[O-]. The van der Waals surface area contributed by atoms with E-state index in [1.54, 1.807) is 19.9 Å². The normalized spacial score (nSPS) is 11.4. The van der Waals surface area contributed by atoms with Crippen molar-refractivity contribution >= 4 is 11.4 Å². The minimum atomic E-state index is -0.897. The highest BCUT2D eigenvalue weighted by Gasteiger charge is 2.24. The van der Waals surface area contributed by atoms with Crippen LogP contribution < -0.4 is 4.90 Å². The number of likely N-dealkylation sites (N-methyl/N-ethyl adjacent to an activating group) is 1. The van der Waals surface area contributed by atoms with Gasteiger partial charge < -0.3 is 10.0 Å². The summed E-state index contributed by atoms with van der Waals surface area (Å²) in [4.78, 5) is 12.5. The van der Waals surface area contributed by atoms with Gasteiger partial charge in [-0.05, 0) is 33.3 Å². The summed E-state index contributed by atoms with van der Waals surface area (Å²) in [5, 5.41) is 21.0. The summed E-state index contributed by atoms with van der Waals surface area (Å²) in [6.07, 6.45) is 0. The molecule has 0 bridgehead atoms. The number of aliphatic hydroxyl groups is 1. The van der Waals surface area contributed by atoms with Gasteiger partial charge in [-0.15, -0.1) is 0 Å². The van der Waals surface area contributed by atoms with E-state index in [4.69, 9.17) is 0 Å². The largest absolute Gasteiger partial charge is 0.389 e. The van der Waals surface area contributed by atoms with E-state index in [0.29, 0.717) is 18.8 Å². The molecule has 0 aromatic heterocycles. The Balaban J connectivity index is 3.24. The average molecular weight is 252 g/mol. The van der Waals surface area contributed by atoms with Crippen molar-refractivity contribution in [1.29, 1.82) is 0 Å². The molecule has 5 heteroatoms. The number of para-hydroxylation sites is 1. The number of aryl methyl sites for hydroxylation is 1. The van der Waals surface area contributed by atoms with Crippen molar-refractivity contribution in [2.45, 2.75) is 33.3 Å². The van der Waals surface area contributed by atoms with E-state index in [2.05, 4.69) is 0 Å². The summed E-state index contributed by atoms with van der Waals surface area (Å²) in [5.74, 6) is 0. The Morgan fingerprint density at radius 1 is 1.44 bits per heavy atom. The highest BCUT2D eigenvalue weighted by molar-refractivity contribution is 5.67. The van der Waals surface area contributed by atoms with E-state index in [0.717, 1.165) is 5.56 Å². The molecule has 0 saturated carbocycles. The molecule has 0 aliphatic carbocycles. The van der Waals surface area contributed by atoms with Gasteiger partial charge in [0.25, 0.3) is 5.69 Å². The first kappa shape index (κ1) is 14.4. The maximum absolute atomic E-state index is 11.1. The van der Waals surface area contributed by atoms with Crippen LogP contribution in [0.2, 0.25) is 0 Å². The van der Waals surface area contributed by atoms with Gasteiger partial charge >= 0.3 is 0 Å². The van der Waals surface area contributed by atoms with Gasteiger partial charge in [0.1, 0.15) is 5.69 Å². The first-order valence-electron chi connectivity index (χ1n) is 5.97. The lowest BCUT2D eigenvalue weighted by atomic mass is 10.1. The molecule has 5 nitrogen and oxygen atoms in total. The number of nitro benzene ring substituents is 1. The highest BCUT2D eigenvalue weighted by atomic mass is 16.6. The first-order chi connectivity index (χ1) is 8.26. The fraction of sp³-hybridized carbons (Fsp3) is 0.538. The molecule has 18 heavy (non-hydrogen) atoms. The standard InChI is InChI=1S/C13H20N2O3/c1-5-14(9-13(3,4)16)12-10(2)7-6-8-11(12)15(17)18/h6-8,16H,5,9H2,1-4H3. The van der Waals surface area contributed by atoms with Crippen LogP contribution in [0, 0.1) is 17.0 Å². The summed E-state index contributed by atoms with van der Waals surface area (Å²) in [6, 6.07) is 5.01. The summed E-state index contributed by atoms with van der Waals surface area (Å²) >= 11 is 0. The molecule has 0 spiro atoms. The van der Waals surface area contributed by atoms with Crippen LogP contribution in [0.1, 0.15) is 26.3 Å². The number of benzene rings is 1. The maximum atomic E-state index is 11.1. The molecule has 0 atom stereocenters. The molecule has 1 aromatic rings. The van der Waals surface area contributed by atoms with E-state index in [1.165, 1.54) is 6.07 Å². The molecule has 1 rings (SSSR count). The molecule has 0 saturated heterocycles. The van der Waals surface area contributed by atoms with Crippen LogP contribution in [0.25, 0.3) is 0 Å². The topological polar surface area (TPSA) is 66.6 Å². The van der Waals surface area contributed by atoms with Crippen molar-refractivity contribution in [3.63, 3.8) is 0 Å². The second kappa shape index (κ2) is 5.35. The number of anilines is 1. The summed E-state index contributed by atoms with van der Waals surface area (Å²) < 4.78 is 0. The third-order valence-corrected chi connectivity index (χ3v) is 2.69. The van der Waals surface area contributed by atoms with Gasteiger partial charge in [-0.1, -0.05) is 12.1 Å². The highest BCUT2D eigenvalue weighted by Crippen LogP contribution is 2.32. The van der Waals surface area contributed by atoms with Crippen molar-refractivity contribution < 1.29 is 10.0 Å². The minimum Gasteiger partial charge on any atom is -0.389 e. The summed E-state index contributed by atoms with van der Waals surface area (Å²) in [5.41, 5.74) is 0.620. The maximum Gasteiger partial charge on any atom is 0.292 e. The van der Waals surface area contributed by atoms with E-state index >= 15 is 0 Å². The van der Waals surface area contributed by atoms with Crippen LogP contribution >= 0.6 is 0 Å². The molecule has 0 radical (unpaired) electrons. The summed E-state index contributed by atoms with van der Waals surface area (Å²) in [6.45, 7) is 8.11. The molecule has 0 aliphatic heterocycles. The number of rotatable bonds is 5. The second-order valence-electron chi connectivity index (χ2n) is 5.03. The number of nitrogens with zero attached hydrogens (tertiary/aromatic N) is 2. The lowest BCUT2D eigenvalue weighted by Crippen LogP contribution is -2.39. The Hall–Kier alpha value is -1.62. The Bertz CT molecular complexity index is 438. The third-order valence-electron chi connectivity index (χ3n) is 2.69. The second-order valence-corrected chi connectivity index (χ2v) is 5.03. The van der Waals surface area contributed by atoms with Gasteiger partial charge in [0.05, 0.1) is 10.5 Å². The van der Waals surface area contributed by atoms with E-state index in [9.17, 15) is 15.2 Å². The Morgan fingerprint density at radius 3 is 2.50 bits per heavy atom. The Labute approximate surface area is 107 Å². The van der Waals surface area contributed by atoms with Gasteiger partial charge in [0.2, 0.25) is 0 Å². The minimum absolute atomic E-state index is 0.0844. The van der Waals surface area contributed by atoms with Crippen molar-refractivity contribution in [1.82, 2.24) is 0 Å². The van der Waals surface area contributed by atoms with E-state index in [-0.39, 0.29) is 10.6 Å². The number of nitro groups is 1. The fourth-order valence-electron chi connectivity index (χ4n) is 2.02. The van der Waals surface area contributed by atoms with Gasteiger partial charge in [0, 0.05) is 19.2 Å². The van der Waals surface area contributed by atoms with Crippen molar-refractivity contribution in [3.05, 3.63) is 33.9 Å². The number of hydrogen-bond acceptors (Lipinski definition) is 4. The summed E-state index contributed by atoms with van der Waals surface area (Å²) in [7, 11) is 0. The molecule has 0 fully saturated rings. The predicted octanol–water partition coefficient (Wildman–Crippen LogP) is 2.50. The quantitative estimate of drug-likeness (QED) is 0.646. The van der Waals surface area contributed by atoms with E-state index < -0.39 is 5.60 Å². The van der Waals surface area contributed by atoms with Crippen LogP contribution in [-0.2, 0) is 0 Å². The zero-order valence-corrected chi connectivity index (χ0v) is 11.3. The molecule has 0 amide bonds. The lowest BCUT2D eigenvalue weighted by molar-refractivity contribution is -0.384. The van der Waals surface area contributed by atoms with Crippen molar-refractivity contribution in [3.8, 4) is 0 Å². The van der Waals surface area contributed by atoms with Crippen LogP contribution in [0.5, 0.6) is 0 Å². The van der Waals surface area contributed by atoms with E-state index in [1.807, 2.05) is 24.8 Å². The van der Waals surface area contributed by atoms with Gasteiger partial charge in [-0.3, -0.25) is 10.1 Å². The van der Waals surface area contributed by atoms with Crippen LogP contribution in [-0.4, -0.2) is 28.7 Å². The molecule has 1 N–H and O–H groups in total. The van der Waals surface area contributed by atoms with Crippen LogP contribution in [0.3, 0.4) is 0 Å². The molecule has 0 aliphatic rings.